The Morgan fingerprint density at radius 1 is 1.42 bits per heavy atom. The van der Waals surface area contributed by atoms with Crippen LogP contribution in [0.2, 0.25) is 0 Å². The largest absolute Gasteiger partial charge is 0.480 e. The second kappa shape index (κ2) is 5.99. The normalized spacial score (nSPS) is 13.2. The van der Waals surface area contributed by atoms with Crippen LogP contribution < -0.4 is 0 Å². The number of aliphatic carboxylic acids is 1. The molecule has 0 radical (unpaired) electrons. The zero-order valence-electron chi connectivity index (χ0n) is 10.9. The van der Waals surface area contributed by atoms with Crippen LogP contribution in [0.4, 0.5) is 0 Å². The molecule has 104 valence electrons. The quantitative estimate of drug-likeness (QED) is 0.805. The van der Waals surface area contributed by atoms with E-state index in [9.17, 15) is 13.2 Å². The molecule has 0 saturated carbocycles. The molecule has 0 aliphatic carbocycles. The van der Waals surface area contributed by atoms with Crippen LogP contribution in [0.1, 0.15) is 12.5 Å². The number of aryl methyl sites for hydroxylation is 1. The summed E-state index contributed by atoms with van der Waals surface area (Å²) in [6, 6.07) is 5.13. The number of sulfonamides is 1. The van der Waals surface area contributed by atoms with Crippen LogP contribution in [0.3, 0.4) is 0 Å². The van der Waals surface area contributed by atoms with Gasteiger partial charge in [-0.05, 0) is 26.0 Å². The van der Waals surface area contributed by atoms with E-state index in [4.69, 9.17) is 5.11 Å². The van der Waals surface area contributed by atoms with Crippen molar-refractivity contribution in [1.82, 2.24) is 4.31 Å². The summed E-state index contributed by atoms with van der Waals surface area (Å²) in [5.74, 6) is -1.20. The fourth-order valence-corrected chi connectivity index (χ4v) is 3.12. The smallest absolute Gasteiger partial charge is 0.321 e. The first-order valence-electron chi connectivity index (χ1n) is 5.73. The molecular formula is C13H17NO4S. The predicted molar refractivity (Wildman–Crippen MR) is 72.4 cm³/mol. The van der Waals surface area contributed by atoms with Gasteiger partial charge in [0.1, 0.15) is 6.04 Å². The van der Waals surface area contributed by atoms with Gasteiger partial charge in [-0.3, -0.25) is 4.79 Å². The van der Waals surface area contributed by atoms with Crippen LogP contribution in [-0.2, 0) is 14.8 Å². The number of carboxylic acid groups (broad SMARTS) is 1. The van der Waals surface area contributed by atoms with Gasteiger partial charge in [0.2, 0.25) is 10.0 Å². The number of carbonyl (C=O) groups is 1. The number of hydrogen-bond acceptors (Lipinski definition) is 3. The van der Waals surface area contributed by atoms with Gasteiger partial charge in [-0.15, -0.1) is 6.58 Å². The lowest BCUT2D eigenvalue weighted by molar-refractivity contribution is -0.140. The van der Waals surface area contributed by atoms with Crippen molar-refractivity contribution in [3.8, 4) is 0 Å². The summed E-state index contributed by atoms with van der Waals surface area (Å²) >= 11 is 0. The van der Waals surface area contributed by atoms with Crippen molar-refractivity contribution in [3.63, 3.8) is 0 Å². The van der Waals surface area contributed by atoms with Gasteiger partial charge in [0.05, 0.1) is 4.90 Å². The molecule has 6 heteroatoms. The Morgan fingerprint density at radius 2 is 1.95 bits per heavy atom. The first-order chi connectivity index (χ1) is 8.80. The Hall–Kier alpha value is -1.66. The highest BCUT2D eigenvalue weighted by molar-refractivity contribution is 7.89. The minimum absolute atomic E-state index is 0.0519. The van der Waals surface area contributed by atoms with E-state index in [-0.39, 0.29) is 11.4 Å². The van der Waals surface area contributed by atoms with E-state index >= 15 is 0 Å². The van der Waals surface area contributed by atoms with Crippen LogP contribution in [0, 0.1) is 6.92 Å². The third kappa shape index (κ3) is 3.42. The van der Waals surface area contributed by atoms with Crippen molar-refractivity contribution in [2.45, 2.75) is 24.8 Å². The van der Waals surface area contributed by atoms with Crippen molar-refractivity contribution >= 4 is 16.0 Å². The predicted octanol–water partition coefficient (Wildman–Crippen LogP) is 1.64. The topological polar surface area (TPSA) is 74.7 Å². The first kappa shape index (κ1) is 15.4. The van der Waals surface area contributed by atoms with Gasteiger partial charge in [0, 0.05) is 6.54 Å². The molecule has 5 nitrogen and oxygen atoms in total. The van der Waals surface area contributed by atoms with Crippen LogP contribution in [-0.4, -0.2) is 36.4 Å². The molecule has 0 unspecified atom stereocenters. The van der Waals surface area contributed by atoms with Gasteiger partial charge >= 0.3 is 5.97 Å². The Labute approximate surface area is 113 Å². The monoisotopic (exact) mass is 283 g/mol. The summed E-state index contributed by atoms with van der Waals surface area (Å²) in [7, 11) is -3.84. The lowest BCUT2D eigenvalue weighted by atomic mass is 10.2. The summed E-state index contributed by atoms with van der Waals surface area (Å²) in [6.45, 7) is 6.59. The summed E-state index contributed by atoms with van der Waals surface area (Å²) < 4.78 is 25.7. The molecule has 0 spiro atoms. The van der Waals surface area contributed by atoms with Crippen molar-refractivity contribution in [2.24, 2.45) is 0 Å². The van der Waals surface area contributed by atoms with E-state index in [0.717, 1.165) is 9.87 Å². The summed E-state index contributed by atoms with van der Waals surface area (Å²) in [5, 5.41) is 8.99. The highest BCUT2D eigenvalue weighted by Gasteiger charge is 2.31. The maximum atomic E-state index is 12.4. The third-order valence-corrected chi connectivity index (χ3v) is 4.68. The standard InChI is InChI=1S/C13H17NO4S/c1-4-9-14(11(3)13(15)16)19(17,18)12-7-5-10(2)6-8-12/h4-8,11H,1,9H2,2-3H3,(H,15,16)/t11-/m0/s1. The van der Waals surface area contributed by atoms with Crippen molar-refractivity contribution in [2.75, 3.05) is 6.54 Å². The van der Waals surface area contributed by atoms with Gasteiger partial charge in [-0.2, -0.15) is 4.31 Å². The van der Waals surface area contributed by atoms with E-state index in [1.54, 1.807) is 12.1 Å². The minimum atomic E-state index is -3.84. The second-order valence-corrected chi connectivity index (χ2v) is 6.08. The average Bonchev–Trinajstić information content (AvgIpc) is 2.35. The molecule has 1 aromatic rings. The summed E-state index contributed by atoms with van der Waals surface area (Å²) in [4.78, 5) is 11.1. The van der Waals surface area contributed by atoms with Crippen molar-refractivity contribution < 1.29 is 18.3 Å². The number of nitrogens with zero attached hydrogens (tertiary/aromatic N) is 1. The fraction of sp³-hybridized carbons (Fsp3) is 0.308. The van der Waals surface area contributed by atoms with Crippen molar-refractivity contribution in [1.29, 1.82) is 0 Å². The second-order valence-electron chi connectivity index (χ2n) is 4.19. The maximum absolute atomic E-state index is 12.4. The molecule has 0 fully saturated rings. The average molecular weight is 283 g/mol. The molecule has 0 aromatic heterocycles. The van der Waals surface area contributed by atoms with E-state index in [2.05, 4.69) is 6.58 Å². The van der Waals surface area contributed by atoms with Gasteiger partial charge in [0.15, 0.2) is 0 Å². The van der Waals surface area contributed by atoms with E-state index < -0.39 is 22.0 Å². The highest BCUT2D eigenvalue weighted by atomic mass is 32.2. The third-order valence-electron chi connectivity index (χ3n) is 2.73. The van der Waals surface area contributed by atoms with E-state index in [1.807, 2.05) is 6.92 Å². The SMILES string of the molecule is C=CCN([C@@H](C)C(=O)O)S(=O)(=O)c1ccc(C)cc1. The molecule has 1 aromatic carbocycles. The van der Waals surface area contributed by atoms with E-state index in [1.165, 1.54) is 25.1 Å². The molecule has 19 heavy (non-hydrogen) atoms. The number of carboxylic acids is 1. The van der Waals surface area contributed by atoms with Crippen LogP contribution in [0.15, 0.2) is 41.8 Å². The van der Waals surface area contributed by atoms with Gasteiger partial charge in [0.25, 0.3) is 0 Å². The Kier molecular flexibility index (Phi) is 4.85. The zero-order chi connectivity index (χ0) is 14.6. The van der Waals surface area contributed by atoms with Gasteiger partial charge in [-0.25, -0.2) is 8.42 Å². The lowest BCUT2D eigenvalue weighted by Crippen LogP contribution is -2.43. The number of benzene rings is 1. The molecule has 0 aliphatic heterocycles. The Balaban J connectivity index is 3.23. The first-order valence-corrected chi connectivity index (χ1v) is 7.17. The molecule has 0 saturated heterocycles. The van der Waals surface area contributed by atoms with Crippen molar-refractivity contribution in [3.05, 3.63) is 42.5 Å². The van der Waals surface area contributed by atoms with Gasteiger partial charge < -0.3 is 5.11 Å². The maximum Gasteiger partial charge on any atom is 0.321 e. The Morgan fingerprint density at radius 3 is 2.37 bits per heavy atom. The number of rotatable bonds is 6. The summed E-state index contributed by atoms with van der Waals surface area (Å²) in [5.41, 5.74) is 0.931. The van der Waals surface area contributed by atoms with E-state index in [0.29, 0.717) is 0 Å². The fourth-order valence-electron chi connectivity index (χ4n) is 1.56. The summed E-state index contributed by atoms with van der Waals surface area (Å²) in [6.07, 6.45) is 1.37. The van der Waals surface area contributed by atoms with Crippen LogP contribution in [0.25, 0.3) is 0 Å². The Bertz CT molecular complexity index is 563. The number of hydrogen-bond donors (Lipinski definition) is 1. The molecule has 0 bridgehead atoms. The zero-order valence-corrected chi connectivity index (χ0v) is 11.7. The molecule has 1 N–H and O–H groups in total. The molecule has 0 heterocycles. The molecule has 0 aliphatic rings. The lowest BCUT2D eigenvalue weighted by Gasteiger charge is -2.24. The molecular weight excluding hydrogens is 266 g/mol. The van der Waals surface area contributed by atoms with Crippen LogP contribution >= 0.6 is 0 Å². The molecule has 1 rings (SSSR count). The van der Waals surface area contributed by atoms with Crippen LogP contribution in [0.5, 0.6) is 0 Å². The molecule has 1 atom stereocenters. The van der Waals surface area contributed by atoms with Gasteiger partial charge in [-0.1, -0.05) is 23.8 Å². The highest BCUT2D eigenvalue weighted by Crippen LogP contribution is 2.19. The minimum Gasteiger partial charge on any atom is -0.480 e. The molecule has 0 amide bonds.